The minimum atomic E-state index is 1.03. The molecule has 4 heteroatoms. The van der Waals surface area contributed by atoms with Crippen molar-refractivity contribution in [2.24, 2.45) is 0 Å². The van der Waals surface area contributed by atoms with Crippen LogP contribution < -0.4 is 9.80 Å². The molecule has 0 atom stereocenters. The molecular weight excluding hydrogens is 884 g/mol. The molecule has 2 nitrogen and oxygen atoms in total. The predicted octanol–water partition coefficient (Wildman–Crippen LogP) is 18.1. The zero-order chi connectivity index (χ0) is 41.6. The third kappa shape index (κ3) is 6.82. The van der Waals surface area contributed by atoms with E-state index < -0.39 is 0 Å². The van der Waals surface area contributed by atoms with Crippen LogP contribution in [0.25, 0.3) is 65.3 Å². The minimum Gasteiger partial charge on any atom is -0.310 e. The van der Waals surface area contributed by atoms with Crippen LogP contribution in [0.4, 0.5) is 34.1 Å². The zero-order valence-electron chi connectivity index (χ0n) is 33.6. The van der Waals surface area contributed by atoms with E-state index >= 15 is 0 Å². The van der Waals surface area contributed by atoms with Crippen molar-refractivity contribution in [3.05, 3.63) is 239 Å². The van der Waals surface area contributed by atoms with Gasteiger partial charge in [0.2, 0.25) is 0 Å². The van der Waals surface area contributed by atoms with E-state index in [4.69, 9.17) is 0 Å². The van der Waals surface area contributed by atoms with E-state index in [1.165, 1.54) is 54.2 Å². The van der Waals surface area contributed by atoms with E-state index in [-0.39, 0.29) is 0 Å². The Labute approximate surface area is 378 Å². The molecule has 0 aliphatic rings. The molecule has 0 saturated heterocycles. The third-order valence-corrected chi connectivity index (χ3v) is 12.9. The van der Waals surface area contributed by atoms with Gasteiger partial charge in [0.15, 0.2) is 0 Å². The molecule has 11 aromatic carbocycles. The molecule has 0 bridgehead atoms. The average molecular weight is 923 g/mol. The number of halogens is 2. The quantitative estimate of drug-likeness (QED) is 0.140. The van der Waals surface area contributed by atoms with Crippen molar-refractivity contribution in [1.29, 1.82) is 0 Å². The van der Waals surface area contributed by atoms with Gasteiger partial charge in [-0.3, -0.25) is 0 Å². The second-order valence-corrected chi connectivity index (χ2v) is 17.4. The average Bonchev–Trinajstić information content (AvgIpc) is 3.32. The summed E-state index contributed by atoms with van der Waals surface area (Å²) in [4.78, 5) is 4.77. The molecule has 0 saturated carbocycles. The van der Waals surface area contributed by atoms with Gasteiger partial charge in [0.05, 0.1) is 11.4 Å². The maximum absolute atomic E-state index is 3.90. The summed E-state index contributed by atoms with van der Waals surface area (Å²) in [6, 6.07) is 83.3. The highest BCUT2D eigenvalue weighted by molar-refractivity contribution is 9.10. The number of anilines is 6. The number of hydrogen-bond donors (Lipinski definition) is 0. The van der Waals surface area contributed by atoms with Gasteiger partial charge in [-0.15, -0.1) is 0 Å². The fraction of sp³-hybridized carbons (Fsp3) is 0. The first-order chi connectivity index (χ1) is 30.6. The van der Waals surface area contributed by atoms with Gasteiger partial charge in [0.1, 0.15) is 0 Å². The Bertz CT molecular complexity index is 3210. The van der Waals surface area contributed by atoms with Gasteiger partial charge in [0, 0.05) is 42.5 Å². The molecule has 11 rings (SSSR count). The van der Waals surface area contributed by atoms with Crippen molar-refractivity contribution in [3.8, 4) is 22.3 Å². The number of para-hydroxylation sites is 2. The largest absolute Gasteiger partial charge is 0.310 e. The number of fused-ring (bicyclic) bond motifs is 4. The van der Waals surface area contributed by atoms with E-state index in [2.05, 4.69) is 272 Å². The molecule has 0 fully saturated rings. The summed E-state index contributed by atoms with van der Waals surface area (Å²) in [6.45, 7) is 0. The Hall–Kier alpha value is -6.98. The number of rotatable bonds is 8. The third-order valence-electron chi connectivity index (χ3n) is 11.9. The summed E-state index contributed by atoms with van der Waals surface area (Å²) in [5.74, 6) is 0. The van der Waals surface area contributed by atoms with Crippen LogP contribution in [0.2, 0.25) is 0 Å². The molecule has 0 unspecified atom stereocenters. The maximum atomic E-state index is 3.90. The van der Waals surface area contributed by atoms with E-state index in [1.54, 1.807) is 0 Å². The van der Waals surface area contributed by atoms with Crippen LogP contribution in [0, 0.1) is 0 Å². The fourth-order valence-electron chi connectivity index (χ4n) is 9.21. The van der Waals surface area contributed by atoms with Crippen molar-refractivity contribution in [2.75, 3.05) is 9.80 Å². The molecule has 0 amide bonds. The second-order valence-electron chi connectivity index (χ2n) is 15.6. The molecule has 0 heterocycles. The first-order valence-electron chi connectivity index (χ1n) is 20.8. The summed E-state index contributed by atoms with van der Waals surface area (Å²) < 4.78 is 2.07. The monoisotopic (exact) mass is 920 g/mol. The lowest BCUT2D eigenvalue weighted by Crippen LogP contribution is -2.10. The van der Waals surface area contributed by atoms with Crippen molar-refractivity contribution in [1.82, 2.24) is 0 Å². The summed E-state index contributed by atoms with van der Waals surface area (Å²) in [5.41, 5.74) is 11.3. The first kappa shape index (κ1) is 38.0. The summed E-state index contributed by atoms with van der Waals surface area (Å²) >= 11 is 7.79. The Morgan fingerprint density at radius 2 is 0.629 bits per heavy atom. The number of benzene rings is 11. The second kappa shape index (κ2) is 16.1. The van der Waals surface area contributed by atoms with Gasteiger partial charge in [0.25, 0.3) is 0 Å². The van der Waals surface area contributed by atoms with E-state index in [0.717, 1.165) is 54.2 Å². The predicted molar refractivity (Wildman–Crippen MR) is 272 cm³/mol. The highest BCUT2D eigenvalue weighted by Gasteiger charge is 2.22. The molecule has 62 heavy (non-hydrogen) atoms. The van der Waals surface area contributed by atoms with Crippen LogP contribution in [-0.2, 0) is 0 Å². The van der Waals surface area contributed by atoms with Gasteiger partial charge in [-0.05, 0) is 140 Å². The summed E-state index contributed by atoms with van der Waals surface area (Å²) in [5, 5.41) is 9.53. The number of nitrogens with zero attached hydrogens (tertiary/aromatic N) is 2. The molecule has 0 N–H and O–H groups in total. The Kier molecular flexibility index (Phi) is 9.88. The van der Waals surface area contributed by atoms with E-state index in [1.807, 2.05) is 0 Å². The highest BCUT2D eigenvalue weighted by atomic mass is 79.9. The molecule has 0 radical (unpaired) electrons. The van der Waals surface area contributed by atoms with Crippen molar-refractivity contribution >= 4 is 109 Å². The van der Waals surface area contributed by atoms with Gasteiger partial charge in [-0.2, -0.15) is 0 Å². The van der Waals surface area contributed by atoms with Crippen LogP contribution in [0.5, 0.6) is 0 Å². The lowest BCUT2D eigenvalue weighted by atomic mass is 9.85. The molecule has 11 aromatic rings. The van der Waals surface area contributed by atoms with Crippen LogP contribution in [0.3, 0.4) is 0 Å². The highest BCUT2D eigenvalue weighted by Crippen LogP contribution is 2.48. The maximum Gasteiger partial charge on any atom is 0.0540 e. The van der Waals surface area contributed by atoms with Gasteiger partial charge in [-0.25, -0.2) is 0 Å². The lowest BCUT2D eigenvalue weighted by Gasteiger charge is -2.28. The fourth-order valence-corrected chi connectivity index (χ4v) is 9.93. The Morgan fingerprint density at radius 3 is 1.08 bits per heavy atom. The summed E-state index contributed by atoms with van der Waals surface area (Å²) in [7, 11) is 0. The van der Waals surface area contributed by atoms with Crippen molar-refractivity contribution in [2.45, 2.75) is 0 Å². The first-order valence-corrected chi connectivity index (χ1v) is 22.4. The van der Waals surface area contributed by atoms with Gasteiger partial charge in [-0.1, -0.05) is 177 Å². The zero-order valence-corrected chi connectivity index (χ0v) is 36.8. The van der Waals surface area contributed by atoms with Gasteiger partial charge >= 0.3 is 0 Å². The van der Waals surface area contributed by atoms with Crippen molar-refractivity contribution < 1.29 is 0 Å². The Balaban J connectivity index is 1.14. The normalized spacial score (nSPS) is 11.4. The Morgan fingerprint density at radius 1 is 0.258 bits per heavy atom. The topological polar surface area (TPSA) is 6.48 Å². The smallest absolute Gasteiger partial charge is 0.0540 e. The number of hydrogen-bond acceptors (Lipinski definition) is 2. The van der Waals surface area contributed by atoms with E-state index in [9.17, 15) is 0 Å². The molecule has 0 aliphatic heterocycles. The van der Waals surface area contributed by atoms with Crippen LogP contribution >= 0.6 is 31.9 Å². The molecule has 0 aliphatic carbocycles. The van der Waals surface area contributed by atoms with Crippen LogP contribution in [-0.4, -0.2) is 0 Å². The standard InChI is InChI=1S/C58H38Br2N2/c59-43-32-34-52-53(37-43)57(41-19-11-25-47(35-41)61(45-21-3-1-4-22-45)55-29-13-17-39-15-7-9-27-49(39)55)51-33-31-44(60)38-54(51)58(52)42-20-12-26-48(36-42)62(46-23-5-2-6-24-46)56-30-14-18-40-16-8-10-28-50(40)56/h1-38H. The van der Waals surface area contributed by atoms with Crippen molar-refractivity contribution in [3.63, 3.8) is 0 Å². The van der Waals surface area contributed by atoms with Crippen LogP contribution in [0.15, 0.2) is 239 Å². The molecule has 294 valence electrons. The molecule has 0 aromatic heterocycles. The van der Waals surface area contributed by atoms with E-state index in [0.29, 0.717) is 0 Å². The SMILES string of the molecule is Brc1ccc2c(-c3cccc(N(c4ccccc4)c4cccc5ccccc45)c3)c3cc(Br)ccc3c(-c3cccc(N(c4ccccc4)c4cccc5ccccc45)c3)c2c1. The summed E-state index contributed by atoms with van der Waals surface area (Å²) in [6.07, 6.45) is 0. The van der Waals surface area contributed by atoms with Gasteiger partial charge < -0.3 is 9.80 Å². The molecule has 0 spiro atoms. The molecular formula is C58H38Br2N2. The minimum absolute atomic E-state index is 1.03. The lowest BCUT2D eigenvalue weighted by molar-refractivity contribution is 1.30. The van der Waals surface area contributed by atoms with Crippen LogP contribution in [0.1, 0.15) is 0 Å².